The zero-order valence-corrected chi connectivity index (χ0v) is 11.4. The minimum absolute atomic E-state index is 0.0482. The third-order valence-electron chi connectivity index (χ3n) is 3.02. The molecule has 3 heteroatoms. The molecule has 0 saturated carbocycles. The highest BCUT2D eigenvalue weighted by molar-refractivity contribution is 6.31. The van der Waals surface area contributed by atoms with Gasteiger partial charge in [-0.15, -0.1) is 0 Å². The van der Waals surface area contributed by atoms with Crippen molar-refractivity contribution in [3.05, 3.63) is 70.0 Å². The highest BCUT2D eigenvalue weighted by Crippen LogP contribution is 2.17. The van der Waals surface area contributed by atoms with Crippen molar-refractivity contribution in [2.24, 2.45) is 0 Å². The average molecular weight is 277 g/mol. The first kappa shape index (κ1) is 13.8. The van der Waals surface area contributed by atoms with E-state index in [0.717, 1.165) is 12.0 Å². The number of rotatable bonds is 4. The zero-order chi connectivity index (χ0) is 13.8. The molecule has 0 radical (unpaired) electrons. The third-order valence-corrected chi connectivity index (χ3v) is 3.26. The van der Waals surface area contributed by atoms with Gasteiger partial charge < -0.3 is 0 Å². The summed E-state index contributed by atoms with van der Waals surface area (Å²) < 4.78 is 13.6. The number of carbonyl (C=O) groups excluding carboxylic acids is 1. The van der Waals surface area contributed by atoms with Gasteiger partial charge in [-0.3, -0.25) is 4.79 Å². The zero-order valence-electron chi connectivity index (χ0n) is 10.6. The van der Waals surface area contributed by atoms with Crippen LogP contribution in [0.3, 0.4) is 0 Å². The highest BCUT2D eigenvalue weighted by atomic mass is 35.5. The summed E-state index contributed by atoms with van der Waals surface area (Å²) in [7, 11) is 0. The number of hydrogen-bond donors (Lipinski definition) is 0. The van der Waals surface area contributed by atoms with Crippen molar-refractivity contribution in [3.8, 4) is 0 Å². The summed E-state index contributed by atoms with van der Waals surface area (Å²) in [5, 5.41) is 0.367. The quantitative estimate of drug-likeness (QED) is 0.753. The van der Waals surface area contributed by atoms with Crippen molar-refractivity contribution < 1.29 is 9.18 Å². The lowest BCUT2D eigenvalue weighted by atomic mass is 10.0. The second-order valence-corrected chi connectivity index (χ2v) is 4.83. The number of aryl methyl sites for hydroxylation is 1. The average Bonchev–Trinajstić information content (AvgIpc) is 2.42. The Morgan fingerprint density at radius 3 is 2.37 bits per heavy atom. The van der Waals surface area contributed by atoms with Gasteiger partial charge in [0.25, 0.3) is 0 Å². The molecule has 0 amide bonds. The number of Topliss-reactive ketones (excluding diaryl/α,β-unsaturated/α-hetero) is 1. The fourth-order valence-electron chi connectivity index (χ4n) is 1.88. The summed E-state index contributed by atoms with van der Waals surface area (Å²) in [4.78, 5) is 12.0. The lowest BCUT2D eigenvalue weighted by molar-refractivity contribution is 0.0989. The molecule has 0 saturated heterocycles. The van der Waals surface area contributed by atoms with E-state index in [0.29, 0.717) is 5.02 Å². The van der Waals surface area contributed by atoms with Gasteiger partial charge in [-0.05, 0) is 35.7 Å². The molecule has 1 nitrogen and oxygen atoms in total. The molecule has 0 N–H and O–H groups in total. The number of ketones is 1. The van der Waals surface area contributed by atoms with E-state index in [1.54, 1.807) is 0 Å². The van der Waals surface area contributed by atoms with Gasteiger partial charge >= 0.3 is 0 Å². The Morgan fingerprint density at radius 2 is 1.74 bits per heavy atom. The molecule has 0 aliphatic heterocycles. The number of benzene rings is 2. The third kappa shape index (κ3) is 3.42. The first-order valence-corrected chi connectivity index (χ1v) is 6.54. The van der Waals surface area contributed by atoms with Gasteiger partial charge in [0.2, 0.25) is 0 Å². The smallest absolute Gasteiger partial charge is 0.170 e. The van der Waals surface area contributed by atoms with Gasteiger partial charge in [0.15, 0.2) is 5.78 Å². The van der Waals surface area contributed by atoms with Crippen LogP contribution in [0.1, 0.15) is 28.4 Å². The van der Waals surface area contributed by atoms with Gasteiger partial charge in [-0.2, -0.15) is 0 Å². The van der Waals surface area contributed by atoms with Gasteiger partial charge in [0.1, 0.15) is 5.82 Å². The molecule has 0 heterocycles. The van der Waals surface area contributed by atoms with E-state index in [-0.39, 0.29) is 17.8 Å². The van der Waals surface area contributed by atoms with E-state index < -0.39 is 5.82 Å². The largest absolute Gasteiger partial charge is 0.294 e. The standard InChI is InChI=1S/C16H14ClFO/c1-2-11-3-5-12(6-4-11)9-16(19)14-10-13(17)7-8-15(14)18/h3-8,10H,2,9H2,1H3. The van der Waals surface area contributed by atoms with E-state index in [1.165, 1.54) is 23.8 Å². The molecule has 2 rings (SSSR count). The van der Waals surface area contributed by atoms with Crippen LogP contribution < -0.4 is 0 Å². The fourth-order valence-corrected chi connectivity index (χ4v) is 2.06. The minimum Gasteiger partial charge on any atom is -0.294 e. The first-order valence-electron chi connectivity index (χ1n) is 6.16. The van der Waals surface area contributed by atoms with Crippen molar-refractivity contribution in [3.63, 3.8) is 0 Å². The van der Waals surface area contributed by atoms with Crippen LogP contribution in [0.2, 0.25) is 5.02 Å². The van der Waals surface area contributed by atoms with Gasteiger partial charge in [0.05, 0.1) is 5.56 Å². The van der Waals surface area contributed by atoms with Crippen molar-refractivity contribution in [2.45, 2.75) is 19.8 Å². The van der Waals surface area contributed by atoms with E-state index in [1.807, 2.05) is 24.3 Å². The predicted molar refractivity (Wildman–Crippen MR) is 75.3 cm³/mol. The van der Waals surface area contributed by atoms with Crippen molar-refractivity contribution >= 4 is 17.4 Å². The van der Waals surface area contributed by atoms with Crippen LogP contribution in [0, 0.1) is 5.82 Å². The lowest BCUT2D eigenvalue weighted by Gasteiger charge is -2.04. The highest BCUT2D eigenvalue weighted by Gasteiger charge is 2.12. The summed E-state index contributed by atoms with van der Waals surface area (Å²) in [6.45, 7) is 2.07. The summed E-state index contributed by atoms with van der Waals surface area (Å²) >= 11 is 5.78. The maximum atomic E-state index is 13.6. The molecule has 2 aromatic rings. The summed E-state index contributed by atoms with van der Waals surface area (Å²) in [5.74, 6) is -0.788. The molecule has 0 atom stereocenters. The molecule has 0 aliphatic rings. The topological polar surface area (TPSA) is 17.1 Å². The molecule has 0 spiro atoms. The number of halogens is 2. The Kier molecular flexibility index (Phi) is 4.33. The second-order valence-electron chi connectivity index (χ2n) is 4.39. The maximum Gasteiger partial charge on any atom is 0.170 e. The lowest BCUT2D eigenvalue weighted by Crippen LogP contribution is -2.06. The Balaban J connectivity index is 2.18. The van der Waals surface area contributed by atoms with Gasteiger partial charge in [-0.1, -0.05) is 42.8 Å². The second kappa shape index (κ2) is 5.98. The van der Waals surface area contributed by atoms with Crippen molar-refractivity contribution in [2.75, 3.05) is 0 Å². The molecule has 19 heavy (non-hydrogen) atoms. The number of carbonyl (C=O) groups is 1. The van der Waals surface area contributed by atoms with E-state index in [9.17, 15) is 9.18 Å². The maximum absolute atomic E-state index is 13.6. The SMILES string of the molecule is CCc1ccc(CC(=O)c2cc(Cl)ccc2F)cc1. The molecule has 0 bridgehead atoms. The van der Waals surface area contributed by atoms with Crippen LogP contribution in [0.15, 0.2) is 42.5 Å². The Morgan fingerprint density at radius 1 is 1.11 bits per heavy atom. The minimum atomic E-state index is -0.528. The fraction of sp³-hybridized carbons (Fsp3) is 0.188. The molecule has 98 valence electrons. The normalized spacial score (nSPS) is 10.5. The van der Waals surface area contributed by atoms with Gasteiger partial charge in [-0.25, -0.2) is 4.39 Å². The van der Waals surface area contributed by atoms with E-state index in [2.05, 4.69) is 6.92 Å². The van der Waals surface area contributed by atoms with Crippen molar-refractivity contribution in [1.29, 1.82) is 0 Å². The summed E-state index contributed by atoms with van der Waals surface area (Å²) in [6.07, 6.45) is 1.14. The van der Waals surface area contributed by atoms with E-state index >= 15 is 0 Å². The molecule has 0 aliphatic carbocycles. The van der Waals surface area contributed by atoms with Crippen molar-refractivity contribution in [1.82, 2.24) is 0 Å². The predicted octanol–water partition coefficient (Wildman–Crippen LogP) is 4.47. The van der Waals surface area contributed by atoms with Crippen LogP contribution >= 0.6 is 11.6 Å². The van der Waals surface area contributed by atoms with Crippen LogP contribution in [0.25, 0.3) is 0 Å². The van der Waals surface area contributed by atoms with Crippen LogP contribution in [-0.4, -0.2) is 5.78 Å². The first-order chi connectivity index (χ1) is 9.10. The molecule has 0 fully saturated rings. The molecule has 0 unspecified atom stereocenters. The Labute approximate surface area is 117 Å². The number of hydrogen-bond acceptors (Lipinski definition) is 1. The van der Waals surface area contributed by atoms with Crippen LogP contribution in [-0.2, 0) is 12.8 Å². The van der Waals surface area contributed by atoms with E-state index in [4.69, 9.17) is 11.6 Å². The monoisotopic (exact) mass is 276 g/mol. The van der Waals surface area contributed by atoms with Crippen LogP contribution in [0.5, 0.6) is 0 Å². The molecule has 0 aromatic heterocycles. The molecular weight excluding hydrogens is 263 g/mol. The summed E-state index contributed by atoms with van der Waals surface area (Å²) in [5.41, 5.74) is 2.14. The molecule has 2 aromatic carbocycles. The van der Waals surface area contributed by atoms with Gasteiger partial charge in [0, 0.05) is 11.4 Å². The Bertz CT molecular complexity index is 590. The van der Waals surface area contributed by atoms with Crippen LogP contribution in [0.4, 0.5) is 4.39 Å². The summed E-state index contributed by atoms with van der Waals surface area (Å²) in [6, 6.07) is 11.8. The Hall–Kier alpha value is -1.67. The molecular formula is C16H14ClFO.